The molecule has 1 fully saturated rings. The monoisotopic (exact) mass is 442 g/mol. The summed E-state index contributed by atoms with van der Waals surface area (Å²) in [4.78, 5) is 36.5. The Labute approximate surface area is 189 Å². The molecule has 8 nitrogen and oxygen atoms in total. The van der Waals surface area contributed by atoms with E-state index in [1.165, 1.54) is 7.11 Å². The van der Waals surface area contributed by atoms with E-state index in [9.17, 15) is 9.59 Å². The number of amides is 1. The van der Waals surface area contributed by atoms with Crippen LogP contribution in [0.4, 0.5) is 5.95 Å². The van der Waals surface area contributed by atoms with Gasteiger partial charge in [-0.2, -0.15) is 0 Å². The number of ether oxygens (including phenoxy) is 2. The van der Waals surface area contributed by atoms with Crippen LogP contribution in [-0.2, 0) is 14.3 Å². The predicted molar refractivity (Wildman–Crippen MR) is 124 cm³/mol. The molecular formula is C24H34N4O4. The Balaban J connectivity index is 1.66. The number of rotatable bonds is 8. The van der Waals surface area contributed by atoms with Gasteiger partial charge in [-0.1, -0.05) is 20.3 Å². The van der Waals surface area contributed by atoms with Gasteiger partial charge in [0.25, 0.3) is 0 Å². The number of benzene rings is 1. The molecule has 174 valence electrons. The van der Waals surface area contributed by atoms with Crippen LogP contribution in [0.3, 0.4) is 0 Å². The van der Waals surface area contributed by atoms with Gasteiger partial charge in [0.2, 0.25) is 11.9 Å². The number of aryl methyl sites for hydroxylation is 1. The number of carbonyl (C=O) groups is 2. The third-order valence-electron chi connectivity index (χ3n) is 6.27. The lowest BCUT2D eigenvalue weighted by Gasteiger charge is -2.32. The summed E-state index contributed by atoms with van der Waals surface area (Å²) >= 11 is 0. The number of nitrogens with one attached hydrogen (secondary N) is 1. The molecule has 2 aromatic rings. The minimum absolute atomic E-state index is 0.0173. The molecule has 1 aliphatic heterocycles. The normalized spacial score (nSPS) is 16.5. The first-order chi connectivity index (χ1) is 15.4. The van der Waals surface area contributed by atoms with Crippen molar-refractivity contribution in [1.82, 2.24) is 15.3 Å². The van der Waals surface area contributed by atoms with E-state index in [0.717, 1.165) is 28.8 Å². The van der Waals surface area contributed by atoms with Crippen LogP contribution < -0.4 is 15.0 Å². The van der Waals surface area contributed by atoms with Gasteiger partial charge in [0.05, 0.1) is 24.9 Å². The number of methoxy groups -OCH3 is 1. The highest BCUT2D eigenvalue weighted by molar-refractivity contribution is 5.86. The van der Waals surface area contributed by atoms with Gasteiger partial charge in [-0.05, 0) is 50.8 Å². The molecule has 0 unspecified atom stereocenters. The fourth-order valence-corrected chi connectivity index (χ4v) is 4.05. The molecule has 1 saturated heterocycles. The molecule has 1 N–H and O–H groups in total. The highest BCUT2D eigenvalue weighted by Crippen LogP contribution is 2.27. The molecule has 32 heavy (non-hydrogen) atoms. The Morgan fingerprint density at radius 1 is 1.22 bits per heavy atom. The largest absolute Gasteiger partial charge is 0.494 e. The highest BCUT2D eigenvalue weighted by atomic mass is 16.5. The SMILES string of the molecule is CCOc1ccc2nc(N3CCC(C(=O)N[C@H](C(=O)OC)[C@@H](C)CC)CC3)nc(C)c2c1. The molecule has 8 heteroatoms. The molecule has 3 rings (SSSR count). The third-order valence-corrected chi connectivity index (χ3v) is 6.27. The van der Waals surface area contributed by atoms with E-state index in [-0.39, 0.29) is 17.7 Å². The second-order valence-corrected chi connectivity index (χ2v) is 8.38. The smallest absolute Gasteiger partial charge is 0.328 e. The van der Waals surface area contributed by atoms with Crippen molar-refractivity contribution < 1.29 is 19.1 Å². The third kappa shape index (κ3) is 5.29. The summed E-state index contributed by atoms with van der Waals surface area (Å²) in [5.74, 6) is 0.901. The van der Waals surface area contributed by atoms with Crippen molar-refractivity contribution in [3.05, 3.63) is 23.9 Å². The van der Waals surface area contributed by atoms with E-state index < -0.39 is 12.0 Å². The number of fused-ring (bicyclic) bond motifs is 1. The first-order valence-electron chi connectivity index (χ1n) is 11.4. The van der Waals surface area contributed by atoms with E-state index >= 15 is 0 Å². The first kappa shape index (κ1) is 23.8. The number of nitrogens with zero attached hydrogens (tertiary/aromatic N) is 3. The number of piperidine rings is 1. The molecule has 0 spiro atoms. The average molecular weight is 443 g/mol. The lowest BCUT2D eigenvalue weighted by atomic mass is 9.93. The lowest BCUT2D eigenvalue weighted by Crippen LogP contribution is -2.49. The van der Waals surface area contributed by atoms with Crippen molar-refractivity contribution in [2.24, 2.45) is 11.8 Å². The van der Waals surface area contributed by atoms with Crippen LogP contribution in [-0.4, -0.2) is 54.7 Å². The van der Waals surface area contributed by atoms with Crippen molar-refractivity contribution >= 4 is 28.7 Å². The van der Waals surface area contributed by atoms with Crippen molar-refractivity contribution in [3.8, 4) is 5.75 Å². The minimum Gasteiger partial charge on any atom is -0.494 e. The van der Waals surface area contributed by atoms with E-state index in [4.69, 9.17) is 19.4 Å². The Morgan fingerprint density at radius 3 is 2.56 bits per heavy atom. The molecule has 1 aliphatic rings. The second-order valence-electron chi connectivity index (χ2n) is 8.38. The summed E-state index contributed by atoms with van der Waals surface area (Å²) in [6, 6.07) is 5.25. The Bertz CT molecular complexity index is 956. The van der Waals surface area contributed by atoms with Crippen LogP contribution in [0, 0.1) is 18.8 Å². The molecule has 0 saturated carbocycles. The topological polar surface area (TPSA) is 93.7 Å². The summed E-state index contributed by atoms with van der Waals surface area (Å²) in [6.45, 7) is 9.86. The van der Waals surface area contributed by atoms with E-state index in [1.54, 1.807) is 0 Å². The molecule has 2 heterocycles. The minimum atomic E-state index is -0.608. The zero-order valence-electron chi connectivity index (χ0n) is 19.7. The van der Waals surface area contributed by atoms with Gasteiger partial charge >= 0.3 is 5.97 Å². The number of carbonyl (C=O) groups excluding carboxylic acids is 2. The fraction of sp³-hybridized carbons (Fsp3) is 0.583. The van der Waals surface area contributed by atoms with Gasteiger partial charge in [-0.3, -0.25) is 4.79 Å². The van der Waals surface area contributed by atoms with Crippen LogP contribution in [0.2, 0.25) is 0 Å². The highest BCUT2D eigenvalue weighted by Gasteiger charge is 2.32. The van der Waals surface area contributed by atoms with Crippen LogP contribution in [0.25, 0.3) is 10.9 Å². The molecule has 2 atom stereocenters. The van der Waals surface area contributed by atoms with E-state index in [1.807, 2.05) is 45.9 Å². The van der Waals surface area contributed by atoms with Crippen LogP contribution >= 0.6 is 0 Å². The summed E-state index contributed by atoms with van der Waals surface area (Å²) < 4.78 is 10.5. The summed E-state index contributed by atoms with van der Waals surface area (Å²) in [6.07, 6.45) is 2.15. The van der Waals surface area contributed by atoms with Gasteiger partial charge in [0, 0.05) is 24.4 Å². The standard InChI is InChI=1S/C24H34N4O4/c1-6-15(3)21(23(30)31-5)27-22(29)17-10-12-28(13-11-17)24-25-16(4)19-14-18(32-7-2)8-9-20(19)26-24/h8-9,14-15,17,21H,6-7,10-13H2,1-5H3,(H,27,29)/t15-,21-/m0/s1. The molecule has 0 radical (unpaired) electrons. The van der Waals surface area contributed by atoms with Gasteiger partial charge in [0.1, 0.15) is 11.8 Å². The van der Waals surface area contributed by atoms with E-state index in [2.05, 4.69) is 10.2 Å². The quantitative estimate of drug-likeness (QED) is 0.627. The molecular weight excluding hydrogens is 408 g/mol. The molecule has 1 aromatic heterocycles. The number of esters is 1. The number of aromatic nitrogens is 2. The maximum Gasteiger partial charge on any atom is 0.328 e. The van der Waals surface area contributed by atoms with Crippen molar-refractivity contribution in [3.63, 3.8) is 0 Å². The van der Waals surface area contributed by atoms with Crippen LogP contribution in [0.5, 0.6) is 5.75 Å². The van der Waals surface area contributed by atoms with Gasteiger partial charge in [-0.15, -0.1) is 0 Å². The van der Waals surface area contributed by atoms with Gasteiger partial charge in [0.15, 0.2) is 0 Å². The number of hydrogen-bond donors (Lipinski definition) is 1. The van der Waals surface area contributed by atoms with Gasteiger partial charge in [-0.25, -0.2) is 14.8 Å². The molecule has 1 amide bonds. The molecule has 0 bridgehead atoms. The predicted octanol–water partition coefficient (Wildman–Crippen LogP) is 3.26. The maximum atomic E-state index is 12.8. The average Bonchev–Trinajstić information content (AvgIpc) is 2.82. The lowest BCUT2D eigenvalue weighted by molar-refractivity contribution is -0.147. The van der Waals surface area contributed by atoms with Crippen molar-refractivity contribution in [2.75, 3.05) is 31.7 Å². The molecule has 0 aliphatic carbocycles. The maximum absolute atomic E-state index is 12.8. The van der Waals surface area contributed by atoms with Crippen LogP contribution in [0.1, 0.15) is 45.7 Å². The summed E-state index contributed by atoms with van der Waals surface area (Å²) in [7, 11) is 1.35. The Hall–Kier alpha value is -2.90. The summed E-state index contributed by atoms with van der Waals surface area (Å²) in [5, 5.41) is 3.90. The summed E-state index contributed by atoms with van der Waals surface area (Å²) in [5.41, 5.74) is 1.78. The van der Waals surface area contributed by atoms with Gasteiger partial charge < -0.3 is 19.7 Å². The van der Waals surface area contributed by atoms with Crippen molar-refractivity contribution in [1.29, 1.82) is 0 Å². The van der Waals surface area contributed by atoms with Crippen molar-refractivity contribution in [2.45, 2.75) is 53.0 Å². The first-order valence-corrected chi connectivity index (χ1v) is 11.4. The number of hydrogen-bond acceptors (Lipinski definition) is 7. The zero-order valence-corrected chi connectivity index (χ0v) is 19.7. The van der Waals surface area contributed by atoms with Crippen LogP contribution in [0.15, 0.2) is 18.2 Å². The Kier molecular flexibility index (Phi) is 7.88. The number of anilines is 1. The van der Waals surface area contributed by atoms with E-state index in [0.29, 0.717) is 38.5 Å². The molecule has 1 aromatic carbocycles. The second kappa shape index (κ2) is 10.6. The zero-order chi connectivity index (χ0) is 23.3. The fourth-order valence-electron chi connectivity index (χ4n) is 4.05. The Morgan fingerprint density at radius 2 is 1.94 bits per heavy atom.